The summed E-state index contributed by atoms with van der Waals surface area (Å²) >= 11 is 1.66. The molecule has 1 aliphatic rings. The van der Waals surface area contributed by atoms with Gasteiger partial charge in [0, 0.05) is 56.3 Å². The van der Waals surface area contributed by atoms with E-state index in [4.69, 9.17) is 0 Å². The van der Waals surface area contributed by atoms with Crippen molar-refractivity contribution in [2.75, 3.05) is 20.1 Å². The molecule has 0 bridgehead atoms. The molecule has 1 amide bonds. The molecule has 4 aromatic rings. The van der Waals surface area contributed by atoms with Crippen LogP contribution < -0.4 is 0 Å². The Labute approximate surface area is 210 Å². The number of thiazole rings is 1. The first-order valence-electron chi connectivity index (χ1n) is 12.2. The van der Waals surface area contributed by atoms with Gasteiger partial charge in [-0.1, -0.05) is 30.3 Å². The standard InChI is InChI=1S/C27H32N6OS/c1-30-15-12-24(29-30)26(34)31(2)25(19-21-7-4-3-5-8-21)22-10-16-32(17-11-22)20-23-9-6-14-33(23)27-28-13-18-35-27/h3-9,12-15,18,22,25H,10-11,16-17,19-20H2,1-2H3/t25-/m1/s1. The molecular weight excluding hydrogens is 456 g/mol. The number of aromatic nitrogens is 4. The molecule has 0 N–H and O–H groups in total. The Bertz CT molecular complexity index is 1220. The zero-order valence-electron chi connectivity index (χ0n) is 20.3. The normalized spacial score (nSPS) is 15.8. The molecule has 0 radical (unpaired) electrons. The molecule has 5 rings (SSSR count). The summed E-state index contributed by atoms with van der Waals surface area (Å²) in [5.41, 5.74) is 3.04. The SMILES string of the molecule is CN(C(=O)c1ccn(C)n1)[C@H](Cc1ccccc1)C1CCN(Cc2cccn2-c2nccs2)CC1. The molecular formula is C27H32N6OS. The first-order chi connectivity index (χ1) is 17.1. The minimum absolute atomic E-state index is 0.00441. The molecule has 1 atom stereocenters. The largest absolute Gasteiger partial charge is 0.337 e. The average molecular weight is 489 g/mol. The van der Waals surface area contributed by atoms with Crippen molar-refractivity contribution < 1.29 is 4.79 Å². The second-order valence-corrected chi connectivity index (χ2v) is 10.2. The van der Waals surface area contributed by atoms with Crippen molar-refractivity contribution in [1.29, 1.82) is 0 Å². The van der Waals surface area contributed by atoms with E-state index < -0.39 is 0 Å². The molecule has 4 heterocycles. The molecule has 1 fully saturated rings. The van der Waals surface area contributed by atoms with Gasteiger partial charge < -0.3 is 4.90 Å². The first kappa shape index (κ1) is 23.5. The van der Waals surface area contributed by atoms with Crippen LogP contribution in [0.15, 0.2) is 72.5 Å². The third-order valence-electron chi connectivity index (χ3n) is 7.06. The first-order valence-corrected chi connectivity index (χ1v) is 13.1. The number of hydrogen-bond acceptors (Lipinski definition) is 5. The number of amides is 1. The van der Waals surface area contributed by atoms with Crippen molar-refractivity contribution in [3.8, 4) is 5.13 Å². The summed E-state index contributed by atoms with van der Waals surface area (Å²) in [6, 6.07) is 16.7. The molecule has 0 spiro atoms. The Kier molecular flexibility index (Phi) is 7.11. The van der Waals surface area contributed by atoms with Crippen molar-refractivity contribution in [3.05, 3.63) is 89.5 Å². The summed E-state index contributed by atoms with van der Waals surface area (Å²) in [5, 5.41) is 7.39. The molecule has 8 heteroatoms. The van der Waals surface area contributed by atoms with Crippen LogP contribution in [0.5, 0.6) is 0 Å². The maximum Gasteiger partial charge on any atom is 0.274 e. The molecule has 0 saturated carbocycles. The number of piperidine rings is 1. The monoisotopic (exact) mass is 488 g/mol. The van der Waals surface area contributed by atoms with Crippen LogP contribution >= 0.6 is 11.3 Å². The lowest BCUT2D eigenvalue weighted by atomic mass is 9.84. The van der Waals surface area contributed by atoms with E-state index in [0.29, 0.717) is 11.6 Å². The van der Waals surface area contributed by atoms with Gasteiger partial charge in [0.05, 0.1) is 0 Å². The van der Waals surface area contributed by atoms with E-state index in [0.717, 1.165) is 44.0 Å². The van der Waals surface area contributed by atoms with Crippen LogP contribution in [0.3, 0.4) is 0 Å². The van der Waals surface area contributed by atoms with Crippen LogP contribution in [0.1, 0.15) is 34.6 Å². The fourth-order valence-corrected chi connectivity index (χ4v) is 5.78. The van der Waals surface area contributed by atoms with E-state index in [-0.39, 0.29) is 11.9 Å². The summed E-state index contributed by atoms with van der Waals surface area (Å²) in [6.45, 7) is 2.95. The number of carbonyl (C=O) groups excluding carboxylic acids is 1. The fourth-order valence-electron chi connectivity index (χ4n) is 5.13. The van der Waals surface area contributed by atoms with Crippen LogP contribution in [0.4, 0.5) is 0 Å². The van der Waals surface area contributed by atoms with Gasteiger partial charge in [0.2, 0.25) is 0 Å². The van der Waals surface area contributed by atoms with E-state index in [1.54, 1.807) is 22.1 Å². The van der Waals surface area contributed by atoms with Gasteiger partial charge >= 0.3 is 0 Å². The van der Waals surface area contributed by atoms with Gasteiger partial charge in [0.1, 0.15) is 5.69 Å². The minimum Gasteiger partial charge on any atom is -0.337 e. The van der Waals surface area contributed by atoms with Crippen molar-refractivity contribution in [3.63, 3.8) is 0 Å². The Morgan fingerprint density at radius 1 is 1.11 bits per heavy atom. The lowest BCUT2D eigenvalue weighted by molar-refractivity contribution is 0.0577. The Balaban J connectivity index is 1.28. The maximum atomic E-state index is 13.3. The molecule has 0 aliphatic carbocycles. The predicted octanol–water partition coefficient (Wildman–Crippen LogP) is 4.26. The van der Waals surface area contributed by atoms with E-state index in [1.165, 1.54) is 11.3 Å². The van der Waals surface area contributed by atoms with E-state index in [1.807, 2.05) is 42.8 Å². The molecule has 182 valence electrons. The van der Waals surface area contributed by atoms with Crippen LogP contribution in [-0.4, -0.2) is 61.2 Å². The second-order valence-electron chi connectivity index (χ2n) is 9.35. The van der Waals surface area contributed by atoms with Gasteiger partial charge in [-0.2, -0.15) is 5.10 Å². The average Bonchev–Trinajstić information content (AvgIpc) is 3.65. The molecule has 3 aromatic heterocycles. The number of rotatable bonds is 8. The highest BCUT2D eigenvalue weighted by atomic mass is 32.1. The van der Waals surface area contributed by atoms with Crippen LogP contribution in [0, 0.1) is 5.92 Å². The van der Waals surface area contributed by atoms with Crippen molar-refractivity contribution in [1.82, 2.24) is 29.1 Å². The predicted molar refractivity (Wildman–Crippen MR) is 139 cm³/mol. The maximum absolute atomic E-state index is 13.3. The van der Waals surface area contributed by atoms with Crippen molar-refractivity contribution in [2.45, 2.75) is 31.8 Å². The van der Waals surface area contributed by atoms with Gasteiger partial charge in [-0.05, 0) is 62.0 Å². The third-order valence-corrected chi connectivity index (χ3v) is 7.83. The second kappa shape index (κ2) is 10.6. The smallest absolute Gasteiger partial charge is 0.274 e. The quantitative estimate of drug-likeness (QED) is 0.372. The summed E-state index contributed by atoms with van der Waals surface area (Å²) in [6.07, 6.45) is 8.76. The van der Waals surface area contributed by atoms with Gasteiger partial charge in [-0.3, -0.25) is 18.9 Å². The van der Waals surface area contributed by atoms with Gasteiger partial charge in [-0.15, -0.1) is 11.3 Å². The highest BCUT2D eigenvalue weighted by molar-refractivity contribution is 7.12. The Morgan fingerprint density at radius 2 is 1.91 bits per heavy atom. The number of hydrogen-bond donors (Lipinski definition) is 0. The summed E-state index contributed by atoms with van der Waals surface area (Å²) in [4.78, 5) is 22.2. The zero-order chi connectivity index (χ0) is 24.2. The molecule has 1 aromatic carbocycles. The summed E-state index contributed by atoms with van der Waals surface area (Å²) < 4.78 is 3.88. The molecule has 7 nitrogen and oxygen atoms in total. The van der Waals surface area contributed by atoms with Crippen LogP contribution in [-0.2, 0) is 20.0 Å². The van der Waals surface area contributed by atoms with Crippen LogP contribution in [0.2, 0.25) is 0 Å². The van der Waals surface area contributed by atoms with Gasteiger partial charge in [0.15, 0.2) is 5.13 Å². The van der Waals surface area contributed by atoms with Crippen molar-refractivity contribution in [2.24, 2.45) is 13.0 Å². The molecule has 35 heavy (non-hydrogen) atoms. The molecule has 1 saturated heterocycles. The van der Waals surface area contributed by atoms with E-state index in [9.17, 15) is 4.79 Å². The van der Waals surface area contributed by atoms with Crippen LogP contribution in [0.25, 0.3) is 5.13 Å². The molecule has 1 aliphatic heterocycles. The van der Waals surface area contributed by atoms with Crippen molar-refractivity contribution >= 4 is 17.2 Å². The Morgan fingerprint density at radius 3 is 2.60 bits per heavy atom. The highest BCUT2D eigenvalue weighted by Crippen LogP contribution is 2.28. The van der Waals surface area contributed by atoms with E-state index >= 15 is 0 Å². The summed E-state index contributed by atoms with van der Waals surface area (Å²) in [7, 11) is 3.79. The highest BCUT2D eigenvalue weighted by Gasteiger charge is 2.32. The fraction of sp³-hybridized carbons (Fsp3) is 0.370. The number of nitrogens with zero attached hydrogens (tertiary/aromatic N) is 6. The van der Waals surface area contributed by atoms with Gasteiger partial charge in [-0.25, -0.2) is 4.98 Å². The topological polar surface area (TPSA) is 59.2 Å². The van der Waals surface area contributed by atoms with Gasteiger partial charge in [0.25, 0.3) is 5.91 Å². The lowest BCUT2D eigenvalue weighted by Crippen LogP contribution is -2.47. The number of likely N-dealkylation sites (tertiary alicyclic amines) is 1. The minimum atomic E-state index is -0.00441. The third kappa shape index (κ3) is 5.39. The summed E-state index contributed by atoms with van der Waals surface area (Å²) in [5.74, 6) is 0.435. The number of aryl methyl sites for hydroxylation is 1. The zero-order valence-corrected chi connectivity index (χ0v) is 21.1. The number of benzene rings is 1. The van der Waals surface area contributed by atoms with E-state index in [2.05, 4.69) is 62.1 Å². The lowest BCUT2D eigenvalue weighted by Gasteiger charge is -2.40. The number of likely N-dealkylation sites (N-methyl/N-ethyl adjacent to an activating group) is 1. The number of carbonyl (C=O) groups is 1. The molecule has 0 unspecified atom stereocenters. The Hall–Kier alpha value is -3.23.